The number of unbranched alkanes of at least 4 members (excludes halogenated alkanes) is 2. The van der Waals surface area contributed by atoms with Gasteiger partial charge in [-0.1, -0.05) is 40.5 Å². The van der Waals surface area contributed by atoms with Crippen LogP contribution in [0.3, 0.4) is 0 Å². The highest BCUT2D eigenvalue weighted by Crippen LogP contribution is 2.20. The van der Waals surface area contributed by atoms with Crippen LogP contribution in [0.4, 0.5) is 0 Å². The molecule has 0 aliphatic heterocycles. The number of rotatable bonds is 12. The summed E-state index contributed by atoms with van der Waals surface area (Å²) in [5.41, 5.74) is 0.216. The lowest BCUT2D eigenvalue weighted by atomic mass is 10.0. The van der Waals surface area contributed by atoms with Gasteiger partial charge in [-0.15, -0.1) is 0 Å². The van der Waals surface area contributed by atoms with E-state index in [4.69, 9.17) is 0 Å². The Labute approximate surface area is 141 Å². The highest BCUT2D eigenvalue weighted by atomic mass is 15.2. The van der Waals surface area contributed by atoms with Crippen molar-refractivity contribution in [1.82, 2.24) is 9.80 Å². The Balaban J connectivity index is 4.50. The van der Waals surface area contributed by atoms with Crippen LogP contribution in [-0.4, -0.2) is 47.6 Å². The van der Waals surface area contributed by atoms with Crippen molar-refractivity contribution in [3.8, 4) is 0 Å². The SMILES string of the molecule is [CH2]C(CCN(CCCC)CC(C)C)N(CCCC)C(C)(C)C. The van der Waals surface area contributed by atoms with E-state index in [2.05, 4.69) is 65.2 Å². The minimum Gasteiger partial charge on any atom is -0.303 e. The Morgan fingerprint density at radius 1 is 0.909 bits per heavy atom. The van der Waals surface area contributed by atoms with Crippen LogP contribution in [0.25, 0.3) is 0 Å². The van der Waals surface area contributed by atoms with Crippen LogP contribution in [0.2, 0.25) is 0 Å². The van der Waals surface area contributed by atoms with Crippen LogP contribution in [0.15, 0.2) is 0 Å². The molecule has 2 nitrogen and oxygen atoms in total. The fourth-order valence-electron chi connectivity index (χ4n) is 3.07. The van der Waals surface area contributed by atoms with Crippen LogP contribution in [0, 0.1) is 12.8 Å². The zero-order valence-corrected chi connectivity index (χ0v) is 16.6. The fourth-order valence-corrected chi connectivity index (χ4v) is 3.07. The molecule has 0 aliphatic carbocycles. The molecule has 0 saturated carbocycles. The number of hydrogen-bond donors (Lipinski definition) is 0. The molecule has 0 saturated heterocycles. The Kier molecular flexibility index (Phi) is 11.4. The van der Waals surface area contributed by atoms with Crippen molar-refractivity contribution >= 4 is 0 Å². The van der Waals surface area contributed by atoms with Crippen LogP contribution < -0.4 is 0 Å². The van der Waals surface area contributed by atoms with E-state index in [-0.39, 0.29) is 5.54 Å². The molecule has 133 valence electrons. The highest BCUT2D eigenvalue weighted by Gasteiger charge is 2.25. The zero-order chi connectivity index (χ0) is 17.2. The quantitative estimate of drug-likeness (QED) is 0.486. The van der Waals surface area contributed by atoms with E-state index in [9.17, 15) is 0 Å². The molecule has 0 fully saturated rings. The van der Waals surface area contributed by atoms with Gasteiger partial charge in [-0.25, -0.2) is 0 Å². The normalized spacial score (nSPS) is 14.3. The first kappa shape index (κ1) is 21.9. The summed E-state index contributed by atoms with van der Waals surface area (Å²) in [7, 11) is 0. The van der Waals surface area contributed by atoms with Crippen LogP contribution in [0.5, 0.6) is 0 Å². The second kappa shape index (κ2) is 11.5. The molecule has 0 spiro atoms. The summed E-state index contributed by atoms with van der Waals surface area (Å²) in [5.74, 6) is 0.749. The van der Waals surface area contributed by atoms with Crippen LogP contribution in [0.1, 0.15) is 80.6 Å². The van der Waals surface area contributed by atoms with E-state index in [1.807, 2.05) is 0 Å². The predicted octanol–water partition coefficient (Wildman–Crippen LogP) is 5.24. The molecule has 22 heavy (non-hydrogen) atoms. The van der Waals surface area contributed by atoms with Crippen molar-refractivity contribution in [1.29, 1.82) is 0 Å². The molecule has 0 aromatic carbocycles. The minimum atomic E-state index is 0.216. The van der Waals surface area contributed by atoms with Gasteiger partial charge in [-0.2, -0.15) is 0 Å². The van der Waals surface area contributed by atoms with Gasteiger partial charge in [0.2, 0.25) is 0 Å². The monoisotopic (exact) mass is 311 g/mol. The third kappa shape index (κ3) is 9.84. The summed E-state index contributed by atoms with van der Waals surface area (Å²) in [5, 5.41) is 0. The van der Waals surface area contributed by atoms with Gasteiger partial charge in [-0.05, 0) is 72.5 Å². The molecule has 0 bridgehead atoms. The average molecular weight is 312 g/mol. The standard InChI is InChI=1S/C20H43N2/c1-9-11-14-21(17-18(3)4)16-13-19(5)22(15-12-10-2)20(6,7)8/h18-19H,5,9-17H2,1-4,6-8H3. The third-order valence-electron chi connectivity index (χ3n) is 4.28. The summed E-state index contributed by atoms with van der Waals surface area (Å²) in [6, 6.07) is 0.419. The molecule has 0 aliphatic rings. The first-order valence-electron chi connectivity index (χ1n) is 9.54. The first-order valence-corrected chi connectivity index (χ1v) is 9.54. The van der Waals surface area contributed by atoms with E-state index in [0.717, 1.165) is 5.92 Å². The lowest BCUT2D eigenvalue weighted by molar-refractivity contribution is 0.0875. The second-order valence-electron chi connectivity index (χ2n) is 8.21. The zero-order valence-electron chi connectivity index (χ0n) is 16.6. The van der Waals surface area contributed by atoms with Gasteiger partial charge in [0.15, 0.2) is 0 Å². The van der Waals surface area contributed by atoms with Crippen LogP contribution in [-0.2, 0) is 0 Å². The van der Waals surface area contributed by atoms with Crippen molar-refractivity contribution in [2.75, 3.05) is 26.2 Å². The predicted molar refractivity (Wildman–Crippen MR) is 101 cm³/mol. The summed E-state index contributed by atoms with van der Waals surface area (Å²) >= 11 is 0. The van der Waals surface area contributed by atoms with Gasteiger partial charge in [-0.3, -0.25) is 4.90 Å². The van der Waals surface area contributed by atoms with E-state index < -0.39 is 0 Å². The Morgan fingerprint density at radius 2 is 1.45 bits per heavy atom. The topological polar surface area (TPSA) is 6.48 Å². The fraction of sp³-hybridized carbons (Fsp3) is 0.950. The van der Waals surface area contributed by atoms with E-state index >= 15 is 0 Å². The van der Waals surface area contributed by atoms with Gasteiger partial charge in [0.25, 0.3) is 0 Å². The Hall–Kier alpha value is -0.0800. The molecule has 0 aromatic rings. The van der Waals surface area contributed by atoms with Gasteiger partial charge in [0.1, 0.15) is 0 Å². The molecule has 1 radical (unpaired) electrons. The van der Waals surface area contributed by atoms with Gasteiger partial charge < -0.3 is 4.90 Å². The molecule has 1 unspecified atom stereocenters. The third-order valence-corrected chi connectivity index (χ3v) is 4.28. The minimum absolute atomic E-state index is 0.216. The number of hydrogen-bond acceptors (Lipinski definition) is 2. The van der Waals surface area contributed by atoms with Crippen molar-refractivity contribution < 1.29 is 0 Å². The van der Waals surface area contributed by atoms with E-state index in [1.165, 1.54) is 58.3 Å². The Bertz CT molecular complexity index is 255. The molecule has 0 amide bonds. The maximum Gasteiger partial charge on any atom is 0.0127 e. The molecule has 0 aromatic heterocycles. The molecular weight excluding hydrogens is 268 g/mol. The maximum absolute atomic E-state index is 4.49. The van der Waals surface area contributed by atoms with Gasteiger partial charge in [0, 0.05) is 18.1 Å². The lowest BCUT2D eigenvalue weighted by Gasteiger charge is -2.41. The second-order valence-corrected chi connectivity index (χ2v) is 8.21. The van der Waals surface area contributed by atoms with Crippen molar-refractivity contribution in [3.05, 3.63) is 6.92 Å². The molecule has 0 heterocycles. The lowest BCUT2D eigenvalue weighted by Crippen LogP contribution is -2.48. The van der Waals surface area contributed by atoms with Crippen molar-refractivity contribution in [3.63, 3.8) is 0 Å². The summed E-state index contributed by atoms with van der Waals surface area (Å²) in [6.45, 7) is 25.5. The van der Waals surface area contributed by atoms with E-state index in [0.29, 0.717) is 6.04 Å². The summed E-state index contributed by atoms with van der Waals surface area (Å²) in [6.07, 6.45) is 6.31. The maximum atomic E-state index is 4.49. The number of nitrogens with zero attached hydrogens (tertiary/aromatic N) is 2. The highest BCUT2D eigenvalue weighted by molar-refractivity contribution is 4.85. The van der Waals surface area contributed by atoms with Crippen molar-refractivity contribution in [2.24, 2.45) is 5.92 Å². The average Bonchev–Trinajstić information content (AvgIpc) is 2.40. The Morgan fingerprint density at radius 3 is 1.91 bits per heavy atom. The largest absolute Gasteiger partial charge is 0.303 e. The molecule has 2 heteroatoms. The first-order chi connectivity index (χ1) is 10.2. The van der Waals surface area contributed by atoms with Gasteiger partial charge in [0.05, 0.1) is 0 Å². The molecular formula is C20H43N2. The van der Waals surface area contributed by atoms with E-state index in [1.54, 1.807) is 0 Å². The summed E-state index contributed by atoms with van der Waals surface area (Å²) in [4.78, 5) is 5.25. The van der Waals surface area contributed by atoms with Crippen LogP contribution >= 0.6 is 0 Å². The molecule has 0 N–H and O–H groups in total. The molecule has 0 rings (SSSR count). The summed E-state index contributed by atoms with van der Waals surface area (Å²) < 4.78 is 0. The smallest absolute Gasteiger partial charge is 0.0127 e. The van der Waals surface area contributed by atoms with Gasteiger partial charge >= 0.3 is 0 Å². The molecule has 1 atom stereocenters. The van der Waals surface area contributed by atoms with Crippen molar-refractivity contribution in [2.45, 2.75) is 92.2 Å².